The summed E-state index contributed by atoms with van der Waals surface area (Å²) >= 11 is 0. The fourth-order valence-corrected chi connectivity index (χ4v) is 2.05. The van der Waals surface area contributed by atoms with Crippen molar-refractivity contribution in [1.82, 2.24) is 4.98 Å². The Hall–Kier alpha value is -1.56. The molecule has 1 heterocycles. The Bertz CT molecular complexity index is 446. The number of hydrogen-bond donors (Lipinski definition) is 0. The lowest BCUT2D eigenvalue weighted by molar-refractivity contribution is 0.259. The van der Waals surface area contributed by atoms with Gasteiger partial charge < -0.3 is 4.74 Å². The Kier molecular flexibility index (Phi) is 3.63. The van der Waals surface area contributed by atoms with Gasteiger partial charge in [-0.25, -0.2) is 4.98 Å². The van der Waals surface area contributed by atoms with E-state index in [-0.39, 0.29) is 0 Å². The average Bonchev–Trinajstić information content (AvgIpc) is 2.35. The van der Waals surface area contributed by atoms with Crippen LogP contribution in [0.5, 0.6) is 5.88 Å². The number of rotatable bonds is 3. The van der Waals surface area contributed by atoms with Crippen LogP contribution in [-0.4, -0.2) is 11.6 Å². The van der Waals surface area contributed by atoms with Gasteiger partial charge in [0.15, 0.2) is 0 Å². The smallest absolute Gasteiger partial charge is 0.231 e. The first kappa shape index (κ1) is 11.9. The van der Waals surface area contributed by atoms with E-state index in [1.54, 1.807) is 0 Å². The third kappa shape index (κ3) is 2.76. The van der Waals surface area contributed by atoms with Gasteiger partial charge >= 0.3 is 0 Å². The van der Waals surface area contributed by atoms with Crippen molar-refractivity contribution in [1.29, 1.82) is 5.26 Å². The predicted molar refractivity (Wildman–Crippen MR) is 65.9 cm³/mol. The summed E-state index contributed by atoms with van der Waals surface area (Å²) in [7, 11) is 0. The van der Waals surface area contributed by atoms with E-state index in [0.29, 0.717) is 24.0 Å². The minimum Gasteiger partial charge on any atom is -0.476 e. The van der Waals surface area contributed by atoms with Gasteiger partial charge in [-0.1, -0.05) is 13.8 Å². The summed E-state index contributed by atoms with van der Waals surface area (Å²) in [5.74, 6) is 0.959. The summed E-state index contributed by atoms with van der Waals surface area (Å²) in [6.07, 6.45) is 4.45. The second-order valence-electron chi connectivity index (χ2n) is 4.97. The van der Waals surface area contributed by atoms with Crippen LogP contribution in [-0.2, 0) is 12.8 Å². The molecule has 1 aliphatic rings. The van der Waals surface area contributed by atoms with E-state index < -0.39 is 0 Å². The summed E-state index contributed by atoms with van der Waals surface area (Å²) in [6, 6.07) is 4.14. The Morgan fingerprint density at radius 3 is 2.88 bits per heavy atom. The van der Waals surface area contributed by atoms with Crippen LogP contribution in [0.15, 0.2) is 6.07 Å². The zero-order valence-electron chi connectivity index (χ0n) is 10.5. The number of nitriles is 1. The van der Waals surface area contributed by atoms with Crippen molar-refractivity contribution < 1.29 is 4.74 Å². The molecule has 90 valence electrons. The van der Waals surface area contributed by atoms with E-state index in [4.69, 9.17) is 10.00 Å². The molecule has 0 N–H and O–H groups in total. The zero-order valence-corrected chi connectivity index (χ0v) is 10.5. The number of nitrogens with zero attached hydrogens (tertiary/aromatic N) is 2. The van der Waals surface area contributed by atoms with Crippen LogP contribution >= 0.6 is 0 Å². The van der Waals surface area contributed by atoms with Gasteiger partial charge in [-0.3, -0.25) is 0 Å². The Morgan fingerprint density at radius 2 is 2.18 bits per heavy atom. The van der Waals surface area contributed by atoms with Gasteiger partial charge in [-0.15, -0.1) is 0 Å². The SMILES string of the molecule is CC(C)COc1nc2c(cc1C#N)CCCC2. The first-order valence-corrected chi connectivity index (χ1v) is 6.26. The van der Waals surface area contributed by atoms with Crippen molar-refractivity contribution >= 4 is 0 Å². The Morgan fingerprint density at radius 1 is 1.41 bits per heavy atom. The molecule has 1 aromatic heterocycles. The maximum absolute atomic E-state index is 9.12. The van der Waals surface area contributed by atoms with E-state index in [9.17, 15) is 0 Å². The molecule has 0 unspecified atom stereocenters. The number of fused-ring (bicyclic) bond motifs is 1. The topological polar surface area (TPSA) is 45.9 Å². The monoisotopic (exact) mass is 230 g/mol. The van der Waals surface area contributed by atoms with E-state index in [2.05, 4.69) is 24.9 Å². The van der Waals surface area contributed by atoms with E-state index in [1.807, 2.05) is 6.07 Å². The standard InChI is InChI=1S/C14H18N2O/c1-10(2)9-17-14-12(8-15)7-11-5-3-4-6-13(11)16-14/h7,10H,3-6,9H2,1-2H3. The second kappa shape index (κ2) is 5.18. The molecule has 0 radical (unpaired) electrons. The van der Waals surface area contributed by atoms with Crippen molar-refractivity contribution in [3.63, 3.8) is 0 Å². The summed E-state index contributed by atoms with van der Waals surface area (Å²) in [5, 5.41) is 9.12. The maximum Gasteiger partial charge on any atom is 0.231 e. The second-order valence-corrected chi connectivity index (χ2v) is 4.97. The van der Waals surface area contributed by atoms with Crippen LogP contribution in [0.3, 0.4) is 0 Å². The minimum atomic E-state index is 0.444. The van der Waals surface area contributed by atoms with E-state index in [1.165, 1.54) is 18.4 Å². The summed E-state index contributed by atoms with van der Waals surface area (Å²) in [6.45, 7) is 4.79. The van der Waals surface area contributed by atoms with Crippen LogP contribution in [0.2, 0.25) is 0 Å². The molecule has 3 nitrogen and oxygen atoms in total. The lowest BCUT2D eigenvalue weighted by atomic mass is 9.95. The van der Waals surface area contributed by atoms with Crippen LogP contribution in [0, 0.1) is 17.2 Å². The van der Waals surface area contributed by atoms with Gasteiger partial charge in [0.2, 0.25) is 5.88 Å². The van der Waals surface area contributed by atoms with Crippen LogP contribution in [0.4, 0.5) is 0 Å². The molecule has 0 bridgehead atoms. The molecule has 1 aliphatic carbocycles. The average molecular weight is 230 g/mol. The predicted octanol–water partition coefficient (Wildman–Crippen LogP) is 2.87. The van der Waals surface area contributed by atoms with Gasteiger partial charge in [-0.05, 0) is 43.2 Å². The first-order chi connectivity index (χ1) is 8.20. The summed E-state index contributed by atoms with van der Waals surface area (Å²) < 4.78 is 5.62. The van der Waals surface area contributed by atoms with Crippen molar-refractivity contribution in [3.8, 4) is 11.9 Å². The van der Waals surface area contributed by atoms with Crippen molar-refractivity contribution in [2.75, 3.05) is 6.61 Å². The van der Waals surface area contributed by atoms with Gasteiger partial charge in [0.1, 0.15) is 11.6 Å². The maximum atomic E-state index is 9.12. The molecule has 0 fully saturated rings. The number of hydrogen-bond acceptors (Lipinski definition) is 3. The third-order valence-corrected chi connectivity index (χ3v) is 2.94. The first-order valence-electron chi connectivity index (χ1n) is 6.26. The highest BCUT2D eigenvalue weighted by Crippen LogP contribution is 2.25. The fourth-order valence-electron chi connectivity index (χ4n) is 2.05. The molecule has 2 rings (SSSR count). The van der Waals surface area contributed by atoms with Gasteiger partial charge in [0, 0.05) is 5.69 Å². The Labute approximate surface area is 102 Å². The lowest BCUT2D eigenvalue weighted by Crippen LogP contribution is -2.11. The highest BCUT2D eigenvalue weighted by Gasteiger charge is 2.16. The van der Waals surface area contributed by atoms with E-state index in [0.717, 1.165) is 18.5 Å². The van der Waals surface area contributed by atoms with Gasteiger partial charge in [0.25, 0.3) is 0 Å². The van der Waals surface area contributed by atoms with Crippen molar-refractivity contribution in [3.05, 3.63) is 22.9 Å². The molecular weight excluding hydrogens is 212 g/mol. The molecule has 0 aromatic carbocycles. The quantitative estimate of drug-likeness (QED) is 0.802. The van der Waals surface area contributed by atoms with Crippen molar-refractivity contribution in [2.45, 2.75) is 39.5 Å². The van der Waals surface area contributed by atoms with Crippen LogP contribution in [0.1, 0.15) is 43.5 Å². The molecule has 3 heteroatoms. The molecule has 0 aliphatic heterocycles. The number of aryl methyl sites for hydroxylation is 2. The van der Waals surface area contributed by atoms with Crippen LogP contribution < -0.4 is 4.74 Å². The lowest BCUT2D eigenvalue weighted by Gasteiger charge is -2.17. The minimum absolute atomic E-state index is 0.444. The molecule has 0 saturated heterocycles. The zero-order chi connectivity index (χ0) is 12.3. The van der Waals surface area contributed by atoms with Crippen LogP contribution in [0.25, 0.3) is 0 Å². The largest absolute Gasteiger partial charge is 0.476 e. The normalized spacial score (nSPS) is 14.2. The third-order valence-electron chi connectivity index (χ3n) is 2.94. The number of ether oxygens (including phenoxy) is 1. The Balaban J connectivity index is 2.27. The highest BCUT2D eigenvalue weighted by molar-refractivity contribution is 5.43. The number of aromatic nitrogens is 1. The molecule has 0 saturated carbocycles. The summed E-state index contributed by atoms with van der Waals surface area (Å²) in [4.78, 5) is 4.51. The number of pyridine rings is 1. The van der Waals surface area contributed by atoms with Gasteiger partial charge in [0.05, 0.1) is 6.61 Å². The molecule has 17 heavy (non-hydrogen) atoms. The molecule has 0 spiro atoms. The molecule has 0 amide bonds. The molecule has 0 atom stereocenters. The van der Waals surface area contributed by atoms with Gasteiger partial charge in [-0.2, -0.15) is 5.26 Å². The summed E-state index contributed by atoms with van der Waals surface area (Å²) in [5.41, 5.74) is 2.92. The highest BCUT2D eigenvalue weighted by atomic mass is 16.5. The van der Waals surface area contributed by atoms with E-state index >= 15 is 0 Å². The molecular formula is C14H18N2O. The van der Waals surface area contributed by atoms with Crippen molar-refractivity contribution in [2.24, 2.45) is 5.92 Å². The molecule has 1 aromatic rings. The fraction of sp³-hybridized carbons (Fsp3) is 0.571.